The van der Waals surface area contributed by atoms with E-state index in [1.54, 1.807) is 0 Å². The van der Waals surface area contributed by atoms with E-state index >= 15 is 0 Å². The van der Waals surface area contributed by atoms with Crippen molar-refractivity contribution in [3.05, 3.63) is 35.2 Å². The summed E-state index contributed by atoms with van der Waals surface area (Å²) in [6.45, 7) is 12.1. The van der Waals surface area contributed by atoms with Crippen molar-refractivity contribution >= 4 is 17.6 Å². The van der Waals surface area contributed by atoms with E-state index in [1.165, 1.54) is 0 Å². The van der Waals surface area contributed by atoms with Crippen molar-refractivity contribution in [1.29, 1.82) is 0 Å². The van der Waals surface area contributed by atoms with Crippen LogP contribution in [0.2, 0.25) is 5.02 Å². The predicted molar refractivity (Wildman–Crippen MR) is 119 cm³/mol. The van der Waals surface area contributed by atoms with E-state index in [4.69, 9.17) is 25.9 Å². The maximum atomic E-state index is 6.04. The molecule has 1 aliphatic rings. The Hall–Kier alpha value is -2.16. The predicted octanol–water partition coefficient (Wildman–Crippen LogP) is 2.60. The van der Waals surface area contributed by atoms with Crippen molar-refractivity contribution in [3.8, 4) is 11.4 Å². The van der Waals surface area contributed by atoms with Crippen LogP contribution in [0, 0.1) is 0 Å². The molecule has 0 aliphatic carbocycles. The number of nitrogens with one attached hydrogen (secondary N) is 2. The van der Waals surface area contributed by atoms with Gasteiger partial charge in [0.1, 0.15) is 0 Å². The highest BCUT2D eigenvalue weighted by molar-refractivity contribution is 6.30. The molecule has 0 unspecified atom stereocenters. The van der Waals surface area contributed by atoms with Gasteiger partial charge in [-0.3, -0.25) is 9.89 Å². The fourth-order valence-electron chi connectivity index (χ4n) is 3.27. The zero-order chi connectivity index (χ0) is 21.4. The van der Waals surface area contributed by atoms with Gasteiger partial charge in [-0.2, -0.15) is 4.98 Å². The molecule has 0 spiro atoms. The van der Waals surface area contributed by atoms with E-state index in [2.05, 4.69) is 46.4 Å². The molecule has 3 rings (SSSR count). The van der Waals surface area contributed by atoms with Crippen LogP contribution in [0.25, 0.3) is 11.4 Å². The third-order valence-corrected chi connectivity index (χ3v) is 5.25. The lowest BCUT2D eigenvalue weighted by Crippen LogP contribution is -2.52. The standard InChI is InChI=1S/C21H31ClN6O2/c1-4-23-20(25-15-21(2,3)28-10-12-29-13-11-28)24-9-8-18-26-19(27-30-18)16-6-5-7-17(22)14-16/h5-7,14H,4,8-13,15H2,1-3H3,(H2,23,24,25). The largest absolute Gasteiger partial charge is 0.379 e. The molecule has 1 aliphatic heterocycles. The van der Waals surface area contributed by atoms with E-state index in [0.717, 1.165) is 44.4 Å². The van der Waals surface area contributed by atoms with E-state index in [-0.39, 0.29) is 5.54 Å². The summed E-state index contributed by atoms with van der Waals surface area (Å²) in [5, 5.41) is 11.3. The number of halogens is 1. The molecule has 8 nitrogen and oxygen atoms in total. The van der Waals surface area contributed by atoms with Crippen LogP contribution in [0.3, 0.4) is 0 Å². The maximum absolute atomic E-state index is 6.04. The third kappa shape index (κ3) is 6.42. The Morgan fingerprint density at radius 1 is 1.27 bits per heavy atom. The molecule has 164 valence electrons. The van der Waals surface area contributed by atoms with Crippen LogP contribution >= 0.6 is 11.6 Å². The Kier molecular flexibility index (Phi) is 8.07. The van der Waals surface area contributed by atoms with Gasteiger partial charge in [-0.05, 0) is 32.9 Å². The lowest BCUT2D eigenvalue weighted by Gasteiger charge is -2.39. The first-order valence-electron chi connectivity index (χ1n) is 10.4. The quantitative estimate of drug-likeness (QED) is 0.487. The normalized spacial score (nSPS) is 15.9. The number of hydrogen-bond acceptors (Lipinski definition) is 6. The summed E-state index contributed by atoms with van der Waals surface area (Å²) >= 11 is 6.04. The number of morpholine rings is 1. The number of nitrogens with zero attached hydrogens (tertiary/aromatic N) is 4. The Morgan fingerprint density at radius 2 is 2.07 bits per heavy atom. The lowest BCUT2D eigenvalue weighted by molar-refractivity contribution is -0.00683. The Bertz CT molecular complexity index is 832. The summed E-state index contributed by atoms with van der Waals surface area (Å²) in [5.74, 6) is 1.90. The number of rotatable bonds is 8. The molecular weight excluding hydrogens is 404 g/mol. The molecule has 1 fully saturated rings. The summed E-state index contributed by atoms with van der Waals surface area (Å²) in [4.78, 5) is 11.7. The van der Waals surface area contributed by atoms with Crippen molar-refractivity contribution in [2.45, 2.75) is 32.7 Å². The van der Waals surface area contributed by atoms with Gasteiger partial charge in [0, 0.05) is 48.7 Å². The smallest absolute Gasteiger partial charge is 0.228 e. The summed E-state index contributed by atoms with van der Waals surface area (Å²) < 4.78 is 10.8. The first kappa shape index (κ1) is 22.5. The van der Waals surface area contributed by atoms with Crippen LogP contribution in [0.5, 0.6) is 0 Å². The molecule has 1 aromatic carbocycles. The van der Waals surface area contributed by atoms with Crippen molar-refractivity contribution in [3.63, 3.8) is 0 Å². The van der Waals surface area contributed by atoms with Crippen LogP contribution in [-0.2, 0) is 11.2 Å². The fourth-order valence-corrected chi connectivity index (χ4v) is 3.46. The highest BCUT2D eigenvalue weighted by Crippen LogP contribution is 2.20. The molecule has 2 N–H and O–H groups in total. The molecule has 0 amide bonds. The molecule has 0 bridgehead atoms. The van der Waals surface area contributed by atoms with Gasteiger partial charge < -0.3 is 19.9 Å². The molecule has 2 heterocycles. The number of hydrogen-bond donors (Lipinski definition) is 2. The van der Waals surface area contributed by atoms with E-state index in [9.17, 15) is 0 Å². The van der Waals surface area contributed by atoms with Gasteiger partial charge in [0.2, 0.25) is 11.7 Å². The van der Waals surface area contributed by atoms with Crippen molar-refractivity contribution < 1.29 is 9.26 Å². The number of aromatic nitrogens is 2. The molecule has 1 aromatic heterocycles. The zero-order valence-electron chi connectivity index (χ0n) is 17.9. The minimum Gasteiger partial charge on any atom is -0.379 e. The summed E-state index contributed by atoms with van der Waals surface area (Å²) in [6.07, 6.45) is 0.602. The van der Waals surface area contributed by atoms with Crippen LogP contribution < -0.4 is 10.6 Å². The maximum Gasteiger partial charge on any atom is 0.228 e. The number of guanidine groups is 1. The lowest BCUT2D eigenvalue weighted by atomic mass is 10.0. The van der Waals surface area contributed by atoms with Gasteiger partial charge in [0.05, 0.1) is 19.8 Å². The number of ether oxygens (including phenoxy) is 1. The second-order valence-electron chi connectivity index (χ2n) is 7.81. The first-order valence-corrected chi connectivity index (χ1v) is 10.8. The van der Waals surface area contributed by atoms with E-state index < -0.39 is 0 Å². The topological polar surface area (TPSA) is 87.8 Å². The van der Waals surface area contributed by atoms with Gasteiger partial charge in [0.25, 0.3) is 0 Å². The first-order chi connectivity index (χ1) is 14.5. The average Bonchev–Trinajstić information content (AvgIpc) is 3.22. The highest BCUT2D eigenvalue weighted by Gasteiger charge is 2.28. The molecule has 2 aromatic rings. The van der Waals surface area contributed by atoms with Gasteiger partial charge in [-0.1, -0.05) is 28.9 Å². The van der Waals surface area contributed by atoms with Gasteiger partial charge in [-0.15, -0.1) is 0 Å². The molecule has 1 saturated heterocycles. The molecule has 0 saturated carbocycles. The molecule has 0 atom stereocenters. The summed E-state index contributed by atoms with van der Waals surface area (Å²) in [5.41, 5.74) is 0.815. The van der Waals surface area contributed by atoms with Crippen LogP contribution in [0.1, 0.15) is 26.7 Å². The van der Waals surface area contributed by atoms with Crippen LogP contribution in [-0.4, -0.2) is 72.5 Å². The highest BCUT2D eigenvalue weighted by atomic mass is 35.5. The van der Waals surface area contributed by atoms with Gasteiger partial charge in [0.15, 0.2) is 5.96 Å². The average molecular weight is 435 g/mol. The van der Waals surface area contributed by atoms with Gasteiger partial charge in [-0.25, -0.2) is 0 Å². The molecule has 30 heavy (non-hydrogen) atoms. The zero-order valence-corrected chi connectivity index (χ0v) is 18.7. The Morgan fingerprint density at radius 3 is 2.80 bits per heavy atom. The number of benzene rings is 1. The SMILES string of the molecule is CCNC(=NCC(C)(C)N1CCOCC1)NCCc1nc(-c2cccc(Cl)c2)no1. The Balaban J connectivity index is 1.52. The van der Waals surface area contributed by atoms with Gasteiger partial charge >= 0.3 is 0 Å². The van der Waals surface area contributed by atoms with Crippen molar-refractivity contribution in [1.82, 2.24) is 25.7 Å². The summed E-state index contributed by atoms with van der Waals surface area (Å²) in [7, 11) is 0. The minimum atomic E-state index is -0.0233. The third-order valence-electron chi connectivity index (χ3n) is 5.02. The van der Waals surface area contributed by atoms with E-state index in [0.29, 0.717) is 36.2 Å². The number of aliphatic imine (C=N–C) groups is 1. The summed E-state index contributed by atoms with van der Waals surface area (Å²) in [6, 6.07) is 7.41. The monoisotopic (exact) mass is 434 g/mol. The molecule has 0 radical (unpaired) electrons. The minimum absolute atomic E-state index is 0.0233. The fraction of sp³-hybridized carbons (Fsp3) is 0.571. The molecule has 9 heteroatoms. The second kappa shape index (κ2) is 10.7. The Labute approximate surface area is 183 Å². The second-order valence-corrected chi connectivity index (χ2v) is 8.24. The van der Waals surface area contributed by atoms with Crippen LogP contribution in [0.15, 0.2) is 33.8 Å². The van der Waals surface area contributed by atoms with Crippen molar-refractivity contribution in [2.75, 3.05) is 45.9 Å². The van der Waals surface area contributed by atoms with E-state index in [1.807, 2.05) is 24.3 Å². The van der Waals surface area contributed by atoms with Crippen molar-refractivity contribution in [2.24, 2.45) is 4.99 Å². The molecular formula is C21H31ClN6O2. The van der Waals surface area contributed by atoms with Crippen LogP contribution in [0.4, 0.5) is 0 Å².